The molecule has 1 fully saturated rings. The quantitative estimate of drug-likeness (QED) is 0.681. The summed E-state index contributed by atoms with van der Waals surface area (Å²) in [5.41, 5.74) is 4.95. The van der Waals surface area contributed by atoms with Gasteiger partial charge in [0.1, 0.15) is 0 Å². The number of hydrogen-bond acceptors (Lipinski definition) is 2. The Balaban J connectivity index is 1.92. The third-order valence-corrected chi connectivity index (χ3v) is 7.64. The molecule has 25 heavy (non-hydrogen) atoms. The van der Waals surface area contributed by atoms with Crippen LogP contribution in [0.4, 0.5) is 0 Å². The van der Waals surface area contributed by atoms with E-state index in [-0.39, 0.29) is 17.9 Å². The van der Waals surface area contributed by atoms with E-state index in [9.17, 15) is 9.90 Å². The number of aliphatic hydroxyl groups excluding tert-OH is 1. The molecule has 2 aromatic carbocycles. The van der Waals surface area contributed by atoms with Gasteiger partial charge in [-0.1, -0.05) is 67.3 Å². The van der Waals surface area contributed by atoms with Crippen LogP contribution in [0.3, 0.4) is 0 Å². The second kappa shape index (κ2) is 5.54. The zero-order valence-corrected chi connectivity index (χ0v) is 16.3. The van der Waals surface area contributed by atoms with Crippen molar-refractivity contribution in [3.63, 3.8) is 0 Å². The summed E-state index contributed by atoms with van der Waals surface area (Å²) in [5.74, 6) is -0.216. The van der Waals surface area contributed by atoms with Crippen LogP contribution in [0.2, 0.25) is 19.6 Å². The molecule has 0 spiro atoms. The van der Waals surface area contributed by atoms with Crippen LogP contribution < -0.4 is 5.19 Å². The number of carbonyl (C=O) groups is 1. The van der Waals surface area contributed by atoms with Crippen LogP contribution in [0.1, 0.15) is 24.1 Å². The summed E-state index contributed by atoms with van der Waals surface area (Å²) in [7, 11) is -1.47. The van der Waals surface area contributed by atoms with Crippen molar-refractivity contribution in [3.8, 4) is 11.1 Å². The molecule has 1 N–H and O–H groups in total. The summed E-state index contributed by atoms with van der Waals surface area (Å²) in [5, 5.41) is 11.5. The topological polar surface area (TPSA) is 40.5 Å². The maximum Gasteiger partial charge on any atom is 0.231 e. The summed E-state index contributed by atoms with van der Waals surface area (Å²) in [6.07, 6.45) is -0.611. The number of aliphatic hydroxyl groups is 1. The first-order valence-corrected chi connectivity index (χ1v) is 12.5. The first-order chi connectivity index (χ1) is 11.8. The van der Waals surface area contributed by atoms with Crippen molar-refractivity contribution < 1.29 is 9.90 Å². The number of hydrogen-bond donors (Lipinski definition) is 1. The fourth-order valence-electron chi connectivity index (χ4n) is 4.22. The van der Waals surface area contributed by atoms with Crippen molar-refractivity contribution in [2.24, 2.45) is 5.92 Å². The van der Waals surface area contributed by atoms with Crippen LogP contribution in [0.5, 0.6) is 0 Å². The van der Waals surface area contributed by atoms with Crippen molar-refractivity contribution in [1.29, 1.82) is 0 Å². The minimum Gasteiger partial charge on any atom is -0.392 e. The Kier molecular flexibility index (Phi) is 3.67. The highest BCUT2D eigenvalue weighted by molar-refractivity contribution is 6.88. The lowest BCUT2D eigenvalue weighted by Gasteiger charge is -2.44. The zero-order chi connectivity index (χ0) is 17.9. The first kappa shape index (κ1) is 16.5. The Hall–Kier alpha value is -1.91. The molecule has 0 aromatic heterocycles. The van der Waals surface area contributed by atoms with Gasteiger partial charge >= 0.3 is 0 Å². The number of β-lactam (4-membered cyclic amide) rings is 1. The van der Waals surface area contributed by atoms with Gasteiger partial charge in [0.2, 0.25) is 5.91 Å². The summed E-state index contributed by atoms with van der Waals surface area (Å²) >= 11 is 0. The Morgan fingerprint density at radius 3 is 2.44 bits per heavy atom. The van der Waals surface area contributed by atoms with Gasteiger partial charge in [0.05, 0.1) is 26.1 Å². The number of amides is 1. The molecule has 0 saturated carbocycles. The van der Waals surface area contributed by atoms with Crippen molar-refractivity contribution in [1.82, 2.24) is 4.90 Å². The predicted octanol–water partition coefficient (Wildman–Crippen LogP) is 3.29. The number of fused-ring (bicyclic) bond motifs is 3. The summed E-state index contributed by atoms with van der Waals surface area (Å²) in [4.78, 5) is 14.4. The van der Waals surface area contributed by atoms with E-state index in [1.54, 1.807) is 6.92 Å². The highest BCUT2D eigenvalue weighted by Crippen LogP contribution is 2.51. The molecule has 2 aliphatic heterocycles. The number of benzene rings is 2. The van der Waals surface area contributed by atoms with Gasteiger partial charge in [-0.3, -0.25) is 4.79 Å². The molecular weight excluding hydrogens is 326 g/mol. The maximum atomic E-state index is 12.5. The van der Waals surface area contributed by atoms with E-state index in [2.05, 4.69) is 56.0 Å². The van der Waals surface area contributed by atoms with Crippen LogP contribution in [0.25, 0.3) is 11.1 Å². The van der Waals surface area contributed by atoms with Crippen LogP contribution in [0, 0.1) is 5.92 Å². The monoisotopic (exact) mass is 351 g/mol. The average Bonchev–Trinajstić information content (AvgIpc) is 2.88. The third-order valence-electron chi connectivity index (χ3n) is 5.62. The van der Waals surface area contributed by atoms with Crippen molar-refractivity contribution in [3.05, 3.63) is 53.6 Å². The number of nitrogens with zero attached hydrogens (tertiary/aromatic N) is 1. The molecule has 130 valence electrons. The lowest BCUT2D eigenvalue weighted by Crippen LogP contribution is -2.55. The lowest BCUT2D eigenvalue weighted by atomic mass is 9.79. The van der Waals surface area contributed by atoms with Crippen LogP contribution in [-0.2, 0) is 11.3 Å². The second-order valence-corrected chi connectivity index (χ2v) is 13.5. The Morgan fingerprint density at radius 1 is 1.16 bits per heavy atom. The van der Waals surface area contributed by atoms with Crippen molar-refractivity contribution >= 4 is 19.2 Å². The smallest absolute Gasteiger partial charge is 0.231 e. The van der Waals surface area contributed by atoms with Gasteiger partial charge in [-0.05, 0) is 29.2 Å². The molecule has 1 saturated heterocycles. The zero-order valence-electron chi connectivity index (χ0n) is 15.3. The predicted molar refractivity (Wildman–Crippen MR) is 103 cm³/mol. The van der Waals surface area contributed by atoms with Gasteiger partial charge in [0, 0.05) is 6.54 Å². The molecule has 3 nitrogen and oxygen atoms in total. The van der Waals surface area contributed by atoms with Crippen LogP contribution in [0.15, 0.2) is 42.5 Å². The maximum absolute atomic E-state index is 12.5. The molecule has 0 aliphatic carbocycles. The SMILES string of the molecule is C[C@@H](O)[C@H]1C(=O)N2Cc3cc([Si](C)(C)C)cc(-c4ccccc4)c3[C@H]12. The van der Waals surface area contributed by atoms with E-state index in [1.807, 2.05) is 11.0 Å². The van der Waals surface area contributed by atoms with Gasteiger partial charge in [0.15, 0.2) is 0 Å². The van der Waals surface area contributed by atoms with E-state index in [0.717, 1.165) is 0 Å². The van der Waals surface area contributed by atoms with E-state index < -0.39 is 14.2 Å². The normalized spacial score (nSPS) is 23.1. The molecule has 2 heterocycles. The molecule has 4 rings (SSSR count). The molecule has 2 aromatic rings. The number of carbonyl (C=O) groups excluding carboxylic acids is 1. The highest BCUT2D eigenvalue weighted by Gasteiger charge is 2.55. The van der Waals surface area contributed by atoms with E-state index in [4.69, 9.17) is 0 Å². The minimum absolute atomic E-state index is 0.0217. The van der Waals surface area contributed by atoms with Gasteiger partial charge in [0.25, 0.3) is 0 Å². The molecule has 0 bridgehead atoms. The summed E-state index contributed by atoms with van der Waals surface area (Å²) in [6.45, 7) is 9.49. The molecule has 0 unspecified atom stereocenters. The number of rotatable bonds is 3. The van der Waals surface area contributed by atoms with Gasteiger partial charge in [-0.25, -0.2) is 0 Å². The minimum atomic E-state index is -1.47. The fraction of sp³-hybridized carbons (Fsp3) is 0.381. The van der Waals surface area contributed by atoms with E-state index in [1.165, 1.54) is 27.4 Å². The molecule has 1 amide bonds. The molecule has 4 heteroatoms. The van der Waals surface area contributed by atoms with Crippen molar-refractivity contribution in [2.75, 3.05) is 0 Å². The van der Waals surface area contributed by atoms with Gasteiger partial charge < -0.3 is 10.0 Å². The molecular formula is C21H25NO2Si. The molecule has 0 radical (unpaired) electrons. The lowest BCUT2D eigenvalue weighted by molar-refractivity contribution is -0.163. The highest BCUT2D eigenvalue weighted by atomic mass is 28.3. The van der Waals surface area contributed by atoms with E-state index in [0.29, 0.717) is 6.54 Å². The first-order valence-electron chi connectivity index (χ1n) is 9.00. The largest absolute Gasteiger partial charge is 0.392 e. The van der Waals surface area contributed by atoms with E-state index >= 15 is 0 Å². The van der Waals surface area contributed by atoms with Gasteiger partial charge in [-0.15, -0.1) is 0 Å². The fourth-order valence-corrected chi connectivity index (χ4v) is 5.41. The standard InChI is InChI=1S/C21H25NO2Si/c1-13(23)18-20-19-15(12-22(20)21(18)24)10-16(25(2,3)4)11-17(19)14-8-6-5-7-9-14/h5-11,13,18,20,23H,12H2,1-4H3/t13-,18-,20+/m1/s1. The molecule has 2 aliphatic rings. The Bertz CT molecular complexity index is 839. The van der Waals surface area contributed by atoms with Crippen LogP contribution in [-0.4, -0.2) is 30.1 Å². The summed E-state index contributed by atoms with van der Waals surface area (Å²) in [6, 6.07) is 15.1. The average molecular weight is 352 g/mol. The Morgan fingerprint density at radius 2 is 1.84 bits per heavy atom. The summed E-state index contributed by atoms with van der Waals surface area (Å²) < 4.78 is 0. The third kappa shape index (κ3) is 2.47. The van der Waals surface area contributed by atoms with Gasteiger partial charge in [-0.2, -0.15) is 0 Å². The van der Waals surface area contributed by atoms with Crippen molar-refractivity contribution in [2.45, 2.75) is 45.3 Å². The second-order valence-electron chi connectivity index (χ2n) is 8.39. The molecule has 3 atom stereocenters. The van der Waals surface area contributed by atoms with Crippen LogP contribution >= 0.6 is 0 Å². The Labute approximate surface area is 150 Å².